The fourth-order valence-corrected chi connectivity index (χ4v) is 1.05. The zero-order valence-electron chi connectivity index (χ0n) is 5.46. The maximum atomic E-state index is 12.4. The topological polar surface area (TPSA) is 12.9 Å². The Hall–Kier alpha value is 0.987. The summed E-state index contributed by atoms with van der Waals surface area (Å²) in [6, 6.07) is 0. The van der Waals surface area contributed by atoms with E-state index in [9.17, 15) is 4.39 Å². The first-order valence-corrected chi connectivity index (χ1v) is 4.04. The number of nitrogens with zero attached hydrogens (tertiary/aromatic N) is 1. The molecule has 0 saturated carbocycles. The standard InChI is InChI=1S/C5Cl2FIN.Li/c6-2-1-10-5(8)3(7)4(2)9;/q-1;+1. The second kappa shape index (κ2) is 4.88. The summed E-state index contributed by atoms with van der Waals surface area (Å²) in [6.07, 6.45) is 2.26. The van der Waals surface area contributed by atoms with E-state index in [2.05, 4.69) is 11.2 Å². The van der Waals surface area contributed by atoms with Crippen LogP contribution in [0.5, 0.6) is 0 Å². The van der Waals surface area contributed by atoms with Crippen LogP contribution in [-0.2, 0) is 0 Å². The molecule has 1 aromatic heterocycles. The minimum Gasteiger partial charge on any atom is -0.358 e. The Morgan fingerprint density at radius 1 is 1.45 bits per heavy atom. The van der Waals surface area contributed by atoms with Gasteiger partial charge < -0.3 is 4.98 Å². The molecule has 0 fully saturated rings. The van der Waals surface area contributed by atoms with Gasteiger partial charge in [0.2, 0.25) is 0 Å². The number of pyridine rings is 1. The Labute approximate surface area is 99.0 Å². The average molecular weight is 298 g/mol. The summed E-state index contributed by atoms with van der Waals surface area (Å²) < 4.78 is 12.9. The molecule has 0 radical (unpaired) electrons. The summed E-state index contributed by atoms with van der Waals surface area (Å²) in [7, 11) is 0. The van der Waals surface area contributed by atoms with Gasteiger partial charge in [-0.25, -0.2) is 0 Å². The molecule has 0 aliphatic heterocycles. The van der Waals surface area contributed by atoms with Crippen LogP contribution in [0.4, 0.5) is 4.39 Å². The van der Waals surface area contributed by atoms with Gasteiger partial charge in [-0.1, -0.05) is 9.77 Å². The molecule has 1 rings (SSSR count). The van der Waals surface area contributed by atoms with Crippen molar-refractivity contribution in [2.75, 3.05) is 0 Å². The van der Waals surface area contributed by atoms with E-state index in [1.54, 1.807) is 0 Å². The van der Waals surface area contributed by atoms with E-state index < -0.39 is 5.95 Å². The normalized spacial score (nSPS) is 9.09. The van der Waals surface area contributed by atoms with Crippen molar-refractivity contribution in [2.24, 2.45) is 0 Å². The van der Waals surface area contributed by atoms with Crippen molar-refractivity contribution in [3.05, 3.63) is 25.8 Å². The van der Waals surface area contributed by atoms with E-state index >= 15 is 0 Å². The Morgan fingerprint density at radius 3 is 2.45 bits per heavy atom. The first kappa shape index (κ1) is 12.0. The molecule has 1 aromatic rings. The van der Waals surface area contributed by atoms with Crippen LogP contribution in [0.1, 0.15) is 0 Å². The third kappa shape index (κ3) is 2.74. The van der Waals surface area contributed by atoms with Crippen LogP contribution in [-0.4, -0.2) is 4.98 Å². The van der Waals surface area contributed by atoms with Gasteiger partial charge in [-0.2, -0.15) is 0 Å². The number of rotatable bonds is 0. The molecular formula is C5Cl2FILiN. The Balaban J connectivity index is 0.000001000. The van der Waals surface area contributed by atoms with Gasteiger partial charge in [0, 0.05) is 0 Å². The molecule has 0 spiro atoms. The van der Waals surface area contributed by atoms with Gasteiger partial charge in [-0.15, -0.1) is 45.8 Å². The van der Waals surface area contributed by atoms with Crippen LogP contribution in [0.15, 0.2) is 0 Å². The molecule has 6 heteroatoms. The zero-order valence-corrected chi connectivity index (χ0v) is 9.13. The van der Waals surface area contributed by atoms with E-state index in [1.807, 2.05) is 22.6 Å². The third-order valence-corrected chi connectivity index (χ3v) is 3.15. The van der Waals surface area contributed by atoms with Crippen LogP contribution < -0.4 is 18.9 Å². The largest absolute Gasteiger partial charge is 1.00 e. The molecule has 0 unspecified atom stereocenters. The predicted molar refractivity (Wildman–Crippen MR) is 45.8 cm³/mol. The molecule has 54 valence electrons. The van der Waals surface area contributed by atoms with Gasteiger partial charge in [0.25, 0.3) is 0 Å². The quantitative estimate of drug-likeness (QED) is 0.283. The van der Waals surface area contributed by atoms with E-state index in [0.29, 0.717) is 3.57 Å². The van der Waals surface area contributed by atoms with Gasteiger partial charge in [0.1, 0.15) is 5.95 Å². The maximum Gasteiger partial charge on any atom is 1.00 e. The summed E-state index contributed by atoms with van der Waals surface area (Å²) in [5.74, 6) is -0.740. The van der Waals surface area contributed by atoms with E-state index in [-0.39, 0.29) is 28.9 Å². The molecule has 0 saturated heterocycles. The number of aromatic nitrogens is 1. The molecule has 0 amide bonds. The van der Waals surface area contributed by atoms with Crippen molar-refractivity contribution in [1.29, 1.82) is 0 Å². The van der Waals surface area contributed by atoms with Crippen LogP contribution in [0.25, 0.3) is 0 Å². The molecule has 0 aromatic carbocycles. The number of hydrogen-bond acceptors (Lipinski definition) is 1. The molecule has 0 N–H and O–H groups in total. The SMILES string of the molecule is Fc1n[c-]c(Cl)c(I)c1Cl.[Li+]. The average Bonchev–Trinajstić information content (AvgIpc) is 1.93. The molecule has 0 atom stereocenters. The zero-order chi connectivity index (χ0) is 7.72. The fraction of sp³-hybridized carbons (Fsp3) is 0. The van der Waals surface area contributed by atoms with Crippen molar-refractivity contribution < 1.29 is 23.3 Å². The Kier molecular flexibility index (Phi) is 5.32. The molecular weight excluding hydrogens is 298 g/mol. The molecule has 0 aliphatic rings. The summed E-state index contributed by atoms with van der Waals surface area (Å²) in [5, 5.41) is 0.191. The van der Waals surface area contributed by atoms with E-state index in [4.69, 9.17) is 23.2 Å². The Morgan fingerprint density at radius 2 is 2.00 bits per heavy atom. The predicted octanol–water partition coefficient (Wildman–Crippen LogP) is -0.0637. The summed E-state index contributed by atoms with van der Waals surface area (Å²) in [5.41, 5.74) is 0. The minimum absolute atomic E-state index is 0. The van der Waals surface area contributed by atoms with Gasteiger partial charge in [0.05, 0.1) is 0 Å². The smallest absolute Gasteiger partial charge is 0.358 e. The monoisotopic (exact) mass is 297 g/mol. The van der Waals surface area contributed by atoms with Crippen molar-refractivity contribution in [1.82, 2.24) is 4.98 Å². The molecule has 0 bridgehead atoms. The minimum atomic E-state index is -0.740. The van der Waals surface area contributed by atoms with Crippen LogP contribution in [0, 0.1) is 15.7 Å². The molecule has 11 heavy (non-hydrogen) atoms. The van der Waals surface area contributed by atoms with Gasteiger partial charge in [-0.05, 0) is 10.0 Å². The maximum absolute atomic E-state index is 12.4. The summed E-state index contributed by atoms with van der Waals surface area (Å²) in [6.45, 7) is 0. The van der Waals surface area contributed by atoms with E-state index in [0.717, 1.165) is 0 Å². The number of hydrogen-bond donors (Lipinski definition) is 0. The molecule has 0 aliphatic carbocycles. The first-order chi connectivity index (χ1) is 4.63. The van der Waals surface area contributed by atoms with Crippen LogP contribution in [0.3, 0.4) is 0 Å². The van der Waals surface area contributed by atoms with Crippen molar-refractivity contribution >= 4 is 45.8 Å². The van der Waals surface area contributed by atoms with Crippen molar-refractivity contribution in [2.45, 2.75) is 0 Å². The van der Waals surface area contributed by atoms with Gasteiger partial charge in [-0.3, -0.25) is 4.39 Å². The fourth-order valence-electron chi connectivity index (χ4n) is 0.383. The second-order valence-electron chi connectivity index (χ2n) is 1.46. The first-order valence-electron chi connectivity index (χ1n) is 2.20. The summed E-state index contributed by atoms with van der Waals surface area (Å²) >= 11 is 12.8. The molecule has 1 heterocycles. The molecule has 1 nitrogen and oxygen atoms in total. The van der Waals surface area contributed by atoms with Crippen LogP contribution >= 0.6 is 45.8 Å². The third-order valence-electron chi connectivity index (χ3n) is 0.819. The van der Waals surface area contributed by atoms with Crippen molar-refractivity contribution in [3.8, 4) is 0 Å². The Bertz CT molecular complexity index is 244. The van der Waals surface area contributed by atoms with E-state index in [1.165, 1.54) is 0 Å². The second-order valence-corrected chi connectivity index (χ2v) is 3.29. The van der Waals surface area contributed by atoms with Gasteiger partial charge >= 0.3 is 18.9 Å². The van der Waals surface area contributed by atoms with Gasteiger partial charge in [0.15, 0.2) is 0 Å². The summed E-state index contributed by atoms with van der Waals surface area (Å²) in [4.78, 5) is 3.18. The van der Waals surface area contributed by atoms with Crippen molar-refractivity contribution in [3.63, 3.8) is 0 Å². The van der Waals surface area contributed by atoms with Crippen LogP contribution in [0.2, 0.25) is 10.0 Å². The number of halogens is 4.